The van der Waals surface area contributed by atoms with Gasteiger partial charge in [-0.2, -0.15) is 0 Å². The van der Waals surface area contributed by atoms with E-state index in [1.807, 2.05) is 17.9 Å². The minimum absolute atomic E-state index is 0.0288. The summed E-state index contributed by atoms with van der Waals surface area (Å²) in [6.45, 7) is 3.38. The second-order valence-electron chi connectivity index (χ2n) is 7.67. The second-order valence-corrected chi connectivity index (χ2v) is 7.67. The van der Waals surface area contributed by atoms with Gasteiger partial charge in [0.05, 0.1) is 0 Å². The molecular formula is C22H25FN2O2. The summed E-state index contributed by atoms with van der Waals surface area (Å²) in [4.78, 5) is 28.1. The largest absolute Gasteiger partial charge is 0.362 e. The highest BCUT2D eigenvalue weighted by molar-refractivity contribution is 6.05. The number of piperidine rings is 1. The van der Waals surface area contributed by atoms with Crippen LogP contribution in [0.1, 0.15) is 56.9 Å². The maximum Gasteiger partial charge on any atom is 0.252 e. The van der Waals surface area contributed by atoms with E-state index in [4.69, 9.17) is 0 Å². The van der Waals surface area contributed by atoms with Crippen LogP contribution in [0.15, 0.2) is 46.8 Å². The van der Waals surface area contributed by atoms with Gasteiger partial charge in [0.2, 0.25) is 0 Å². The Labute approximate surface area is 159 Å². The van der Waals surface area contributed by atoms with Gasteiger partial charge in [-0.3, -0.25) is 9.59 Å². The number of dihydropyridines is 1. The maximum absolute atomic E-state index is 14.0. The fourth-order valence-electron chi connectivity index (χ4n) is 4.55. The van der Waals surface area contributed by atoms with Crippen LogP contribution in [0.25, 0.3) is 0 Å². The Morgan fingerprint density at radius 3 is 2.67 bits per heavy atom. The lowest BCUT2D eigenvalue weighted by atomic mass is 9.75. The third-order valence-electron chi connectivity index (χ3n) is 5.83. The SMILES string of the molecule is CC1=C(C(=O)N2CCCCC2)[C@H](c2cccc(F)c2)C2=C(CCCC2=O)N1. The average molecular weight is 368 g/mol. The van der Waals surface area contributed by atoms with Crippen molar-refractivity contribution in [2.24, 2.45) is 0 Å². The van der Waals surface area contributed by atoms with Crippen molar-refractivity contribution in [2.75, 3.05) is 13.1 Å². The van der Waals surface area contributed by atoms with E-state index in [-0.39, 0.29) is 17.5 Å². The van der Waals surface area contributed by atoms with E-state index in [2.05, 4.69) is 5.32 Å². The number of carbonyl (C=O) groups excluding carboxylic acids is 2. The molecule has 2 heterocycles. The van der Waals surface area contributed by atoms with Gasteiger partial charge in [-0.15, -0.1) is 0 Å². The summed E-state index contributed by atoms with van der Waals surface area (Å²) in [5, 5.41) is 3.33. The fraction of sp³-hybridized carbons (Fsp3) is 0.455. The summed E-state index contributed by atoms with van der Waals surface area (Å²) in [6, 6.07) is 6.32. The second kappa shape index (κ2) is 7.29. The number of allylic oxidation sites excluding steroid dienone is 3. The zero-order valence-corrected chi connectivity index (χ0v) is 15.7. The molecule has 1 aromatic rings. The Morgan fingerprint density at radius 1 is 1.15 bits per heavy atom. The quantitative estimate of drug-likeness (QED) is 0.864. The van der Waals surface area contributed by atoms with Gasteiger partial charge in [-0.05, 0) is 56.7 Å². The number of ketones is 1. The smallest absolute Gasteiger partial charge is 0.252 e. The van der Waals surface area contributed by atoms with Crippen LogP contribution in [0.3, 0.4) is 0 Å². The zero-order chi connectivity index (χ0) is 19.0. The molecule has 1 saturated heterocycles. The summed E-state index contributed by atoms with van der Waals surface area (Å²) < 4.78 is 14.0. The molecule has 0 bridgehead atoms. The van der Waals surface area contributed by atoms with Crippen LogP contribution in [-0.2, 0) is 9.59 Å². The number of rotatable bonds is 2. The molecule has 0 unspecified atom stereocenters. The molecule has 142 valence electrons. The van der Waals surface area contributed by atoms with E-state index in [1.165, 1.54) is 12.1 Å². The third kappa shape index (κ3) is 3.31. The van der Waals surface area contributed by atoms with Crippen LogP contribution < -0.4 is 5.32 Å². The molecule has 1 N–H and O–H groups in total. The predicted octanol–water partition coefficient (Wildman–Crippen LogP) is 3.81. The van der Waals surface area contributed by atoms with Gasteiger partial charge in [0.25, 0.3) is 5.91 Å². The third-order valence-corrected chi connectivity index (χ3v) is 5.83. The monoisotopic (exact) mass is 368 g/mol. The van der Waals surface area contributed by atoms with Gasteiger partial charge in [-0.1, -0.05) is 12.1 Å². The molecule has 0 aromatic heterocycles. The average Bonchev–Trinajstić information content (AvgIpc) is 2.67. The van der Waals surface area contributed by atoms with Gasteiger partial charge in [0.1, 0.15) is 5.82 Å². The Kier molecular flexibility index (Phi) is 4.85. The van der Waals surface area contributed by atoms with Crippen LogP contribution in [-0.4, -0.2) is 29.7 Å². The summed E-state index contributed by atoms with van der Waals surface area (Å²) in [7, 11) is 0. The normalized spacial score (nSPS) is 23.3. The standard InChI is InChI=1S/C22H25FN2O2/c1-14-19(22(27)25-11-3-2-4-12-25)20(15-7-5-8-16(23)13-15)21-17(24-14)9-6-10-18(21)26/h5,7-8,13,20,24H,2-4,6,9-12H2,1H3/t20-/m0/s1. The molecule has 4 nitrogen and oxygen atoms in total. The molecular weight excluding hydrogens is 343 g/mol. The van der Waals surface area contributed by atoms with Crippen molar-refractivity contribution in [3.63, 3.8) is 0 Å². The number of likely N-dealkylation sites (tertiary alicyclic amines) is 1. The lowest BCUT2D eigenvalue weighted by Gasteiger charge is -2.37. The first kappa shape index (κ1) is 18.0. The molecule has 1 amide bonds. The highest BCUT2D eigenvalue weighted by Gasteiger charge is 2.39. The number of amides is 1. The number of nitrogens with one attached hydrogen (secondary N) is 1. The first-order valence-electron chi connectivity index (χ1n) is 9.85. The van der Waals surface area contributed by atoms with E-state index in [9.17, 15) is 14.0 Å². The summed E-state index contributed by atoms with van der Waals surface area (Å²) in [6.07, 6.45) is 5.22. The van der Waals surface area contributed by atoms with Gasteiger partial charge >= 0.3 is 0 Å². The lowest BCUT2D eigenvalue weighted by molar-refractivity contribution is -0.128. The molecule has 0 radical (unpaired) electrons. The highest BCUT2D eigenvalue weighted by atomic mass is 19.1. The number of halogens is 1. The molecule has 1 fully saturated rings. The number of hydrogen-bond donors (Lipinski definition) is 1. The lowest BCUT2D eigenvalue weighted by Crippen LogP contribution is -2.42. The maximum atomic E-state index is 14.0. The highest BCUT2D eigenvalue weighted by Crippen LogP contribution is 2.43. The van der Waals surface area contributed by atoms with E-state index >= 15 is 0 Å². The van der Waals surface area contributed by atoms with Crippen molar-refractivity contribution in [3.8, 4) is 0 Å². The van der Waals surface area contributed by atoms with Gasteiger partial charge < -0.3 is 10.2 Å². The van der Waals surface area contributed by atoms with Crippen LogP contribution in [0.4, 0.5) is 4.39 Å². The fourth-order valence-corrected chi connectivity index (χ4v) is 4.55. The topological polar surface area (TPSA) is 49.4 Å². The van der Waals surface area contributed by atoms with Crippen molar-refractivity contribution in [1.29, 1.82) is 0 Å². The molecule has 1 atom stereocenters. The number of Topliss-reactive ketones (excluding diaryl/α,β-unsaturated/α-hetero) is 1. The number of carbonyl (C=O) groups is 2. The molecule has 3 aliphatic rings. The molecule has 0 spiro atoms. The summed E-state index contributed by atoms with van der Waals surface area (Å²) in [5.41, 5.74) is 3.61. The Balaban J connectivity index is 1.82. The van der Waals surface area contributed by atoms with Crippen LogP contribution in [0, 0.1) is 5.82 Å². The van der Waals surface area contributed by atoms with Crippen molar-refractivity contribution >= 4 is 11.7 Å². The van der Waals surface area contributed by atoms with Crippen molar-refractivity contribution in [1.82, 2.24) is 10.2 Å². The number of benzene rings is 1. The Bertz CT molecular complexity index is 850. The van der Waals surface area contributed by atoms with Crippen molar-refractivity contribution in [3.05, 3.63) is 58.2 Å². The Hall–Kier alpha value is -2.43. The molecule has 4 rings (SSSR count). The van der Waals surface area contributed by atoms with Gasteiger partial charge in [0, 0.05) is 48.0 Å². The minimum Gasteiger partial charge on any atom is -0.362 e. The molecule has 0 saturated carbocycles. The first-order chi connectivity index (χ1) is 13.1. The Morgan fingerprint density at radius 2 is 1.93 bits per heavy atom. The molecule has 27 heavy (non-hydrogen) atoms. The first-order valence-corrected chi connectivity index (χ1v) is 9.85. The van der Waals surface area contributed by atoms with Crippen LogP contribution >= 0.6 is 0 Å². The van der Waals surface area contributed by atoms with Gasteiger partial charge in [-0.25, -0.2) is 4.39 Å². The number of nitrogens with zero attached hydrogens (tertiary/aromatic N) is 1. The molecule has 2 aliphatic heterocycles. The summed E-state index contributed by atoms with van der Waals surface area (Å²) in [5.74, 6) is -0.800. The van der Waals surface area contributed by atoms with E-state index in [0.29, 0.717) is 23.1 Å². The van der Waals surface area contributed by atoms with Crippen molar-refractivity contribution in [2.45, 2.75) is 51.4 Å². The van der Waals surface area contributed by atoms with E-state index < -0.39 is 5.92 Å². The van der Waals surface area contributed by atoms with E-state index in [1.54, 1.807) is 6.07 Å². The van der Waals surface area contributed by atoms with Crippen molar-refractivity contribution < 1.29 is 14.0 Å². The number of hydrogen-bond acceptors (Lipinski definition) is 3. The van der Waals surface area contributed by atoms with Crippen LogP contribution in [0.2, 0.25) is 0 Å². The minimum atomic E-state index is -0.487. The predicted molar refractivity (Wildman–Crippen MR) is 101 cm³/mol. The molecule has 1 aliphatic carbocycles. The summed E-state index contributed by atoms with van der Waals surface area (Å²) >= 11 is 0. The van der Waals surface area contributed by atoms with E-state index in [0.717, 1.165) is 56.6 Å². The van der Waals surface area contributed by atoms with Gasteiger partial charge in [0.15, 0.2) is 5.78 Å². The zero-order valence-electron chi connectivity index (χ0n) is 15.7. The molecule has 5 heteroatoms. The van der Waals surface area contributed by atoms with Crippen LogP contribution in [0.5, 0.6) is 0 Å². The molecule has 1 aromatic carbocycles.